The van der Waals surface area contributed by atoms with Crippen LogP contribution in [0.5, 0.6) is 5.75 Å². The molecule has 3 aromatic heterocycles. The molecule has 3 N–H and O–H groups in total. The van der Waals surface area contributed by atoms with E-state index in [-0.39, 0.29) is 41.6 Å². The Balaban J connectivity index is 1.52. The highest BCUT2D eigenvalue weighted by Crippen LogP contribution is 2.36. The van der Waals surface area contributed by atoms with E-state index in [9.17, 15) is 22.0 Å². The van der Waals surface area contributed by atoms with Gasteiger partial charge in [-0.2, -0.15) is 13.9 Å². The van der Waals surface area contributed by atoms with Gasteiger partial charge in [0.05, 0.1) is 24.9 Å². The lowest BCUT2D eigenvalue weighted by molar-refractivity contribution is 0.0566. The number of aromatic nitrogens is 4. The number of anilines is 3. The molecule has 0 saturated carbocycles. The molecule has 1 aromatic carbocycles. The van der Waals surface area contributed by atoms with Crippen LogP contribution in [0.25, 0.3) is 22.4 Å². The molecule has 0 bridgehead atoms. The summed E-state index contributed by atoms with van der Waals surface area (Å²) in [5, 5.41) is 6.67. The number of alkyl halides is 3. The van der Waals surface area contributed by atoms with Crippen LogP contribution in [-0.2, 0) is 0 Å². The molecule has 4 heterocycles. The van der Waals surface area contributed by atoms with Gasteiger partial charge in [0.1, 0.15) is 40.9 Å². The van der Waals surface area contributed by atoms with E-state index < -0.39 is 30.4 Å². The minimum atomic E-state index is -2.82. The minimum absolute atomic E-state index is 0.111. The molecule has 204 valence electrons. The first-order chi connectivity index (χ1) is 18.7. The Morgan fingerprint density at radius 2 is 1.92 bits per heavy atom. The molecule has 1 aliphatic heterocycles. The fourth-order valence-corrected chi connectivity index (χ4v) is 4.48. The molecule has 8 nitrogen and oxygen atoms in total. The molecule has 1 fully saturated rings. The number of halogens is 5. The highest BCUT2D eigenvalue weighted by Gasteiger charge is 2.28. The van der Waals surface area contributed by atoms with Crippen molar-refractivity contribution in [1.82, 2.24) is 19.7 Å². The summed E-state index contributed by atoms with van der Waals surface area (Å²) >= 11 is 0. The number of piperidine rings is 1. The standard InChI is InChI=1S/C26H24F5N7O/c1-39-21-4-2-3-17(28)24(21)25-18(29)5-6-22(36-25)35-23-9-20(37-8-7-16(27)19(32)13-37)15(11-33-23)14-10-34-38(12-14)26(30)31/h2-6,9-12,16,19,26H,7-8,13,32H2,1H3,(H,33,35,36)/t16-,19-/m1/s1. The van der Waals surface area contributed by atoms with Gasteiger partial charge in [0.15, 0.2) is 0 Å². The summed E-state index contributed by atoms with van der Waals surface area (Å²) in [7, 11) is 1.34. The first-order valence-electron chi connectivity index (χ1n) is 12.0. The average Bonchev–Trinajstić information content (AvgIpc) is 3.42. The topological polar surface area (TPSA) is 94.1 Å². The summed E-state index contributed by atoms with van der Waals surface area (Å²) in [6.45, 7) is -2.30. The van der Waals surface area contributed by atoms with Crippen molar-refractivity contribution in [2.24, 2.45) is 5.73 Å². The maximum atomic E-state index is 14.7. The van der Waals surface area contributed by atoms with Crippen LogP contribution in [-0.4, -0.2) is 52.2 Å². The van der Waals surface area contributed by atoms with E-state index in [1.807, 2.05) is 4.90 Å². The Morgan fingerprint density at radius 1 is 1.10 bits per heavy atom. The monoisotopic (exact) mass is 545 g/mol. The lowest BCUT2D eigenvalue weighted by Gasteiger charge is -2.35. The smallest absolute Gasteiger partial charge is 0.333 e. The van der Waals surface area contributed by atoms with E-state index in [0.29, 0.717) is 28.0 Å². The summed E-state index contributed by atoms with van der Waals surface area (Å²) in [5.41, 5.74) is 7.00. The Kier molecular flexibility index (Phi) is 7.33. The molecular formula is C26H24F5N7O. The van der Waals surface area contributed by atoms with Crippen molar-refractivity contribution in [3.8, 4) is 28.1 Å². The van der Waals surface area contributed by atoms with Crippen molar-refractivity contribution >= 4 is 17.3 Å². The number of hydrogen-bond donors (Lipinski definition) is 2. The third kappa shape index (κ3) is 5.35. The summed E-state index contributed by atoms with van der Waals surface area (Å²) in [6, 6.07) is 7.49. The number of pyridine rings is 2. The number of nitrogens with one attached hydrogen (secondary N) is 1. The van der Waals surface area contributed by atoms with Crippen LogP contribution in [0.4, 0.5) is 39.3 Å². The number of nitrogens with two attached hydrogens (primary N) is 1. The molecule has 0 radical (unpaired) electrons. The van der Waals surface area contributed by atoms with Crippen LogP contribution < -0.4 is 20.7 Å². The van der Waals surface area contributed by atoms with Crippen LogP contribution in [0.15, 0.2) is 55.0 Å². The summed E-state index contributed by atoms with van der Waals surface area (Å²) < 4.78 is 75.4. The number of hydrogen-bond acceptors (Lipinski definition) is 7. The number of methoxy groups -OCH3 is 1. The molecule has 39 heavy (non-hydrogen) atoms. The van der Waals surface area contributed by atoms with Crippen LogP contribution in [0.2, 0.25) is 0 Å². The number of rotatable bonds is 7. The molecular weight excluding hydrogens is 521 g/mol. The maximum absolute atomic E-state index is 14.7. The normalized spacial score (nSPS) is 17.5. The van der Waals surface area contributed by atoms with Gasteiger partial charge in [0.2, 0.25) is 0 Å². The van der Waals surface area contributed by atoms with Gasteiger partial charge in [0.25, 0.3) is 0 Å². The quantitative estimate of drug-likeness (QED) is 0.304. The average molecular weight is 546 g/mol. The summed E-state index contributed by atoms with van der Waals surface area (Å²) in [5.74, 6) is -0.920. The van der Waals surface area contributed by atoms with Gasteiger partial charge in [0, 0.05) is 48.4 Å². The fourth-order valence-electron chi connectivity index (χ4n) is 4.48. The second kappa shape index (κ2) is 10.8. The molecule has 0 aliphatic carbocycles. The SMILES string of the molecule is COc1cccc(F)c1-c1nc(Nc2cc(N3CC[C@@H](F)[C@H](N)C3)c(-c3cnn(C(F)F)c3)cn2)ccc1F. The summed E-state index contributed by atoms with van der Waals surface area (Å²) in [4.78, 5) is 10.5. The Labute approximate surface area is 220 Å². The Morgan fingerprint density at radius 3 is 2.64 bits per heavy atom. The van der Waals surface area contributed by atoms with Crippen LogP contribution in [0.1, 0.15) is 13.0 Å². The van der Waals surface area contributed by atoms with E-state index in [1.165, 1.54) is 50.0 Å². The first kappa shape index (κ1) is 26.4. The van der Waals surface area contributed by atoms with Crippen molar-refractivity contribution in [2.45, 2.75) is 25.2 Å². The van der Waals surface area contributed by atoms with E-state index in [2.05, 4.69) is 20.4 Å². The van der Waals surface area contributed by atoms with Gasteiger partial charge >= 0.3 is 6.55 Å². The van der Waals surface area contributed by atoms with Gasteiger partial charge in [-0.25, -0.2) is 27.8 Å². The molecule has 5 rings (SSSR count). The second-order valence-corrected chi connectivity index (χ2v) is 8.96. The van der Waals surface area contributed by atoms with Crippen LogP contribution >= 0.6 is 0 Å². The van der Waals surface area contributed by atoms with E-state index in [1.54, 1.807) is 6.07 Å². The third-order valence-corrected chi connectivity index (χ3v) is 6.44. The Bertz CT molecular complexity index is 1480. The van der Waals surface area contributed by atoms with Gasteiger partial charge < -0.3 is 20.7 Å². The zero-order valence-electron chi connectivity index (χ0n) is 20.7. The lowest BCUT2D eigenvalue weighted by atomic mass is 10.0. The predicted molar refractivity (Wildman–Crippen MR) is 136 cm³/mol. The molecule has 0 unspecified atom stereocenters. The highest BCUT2D eigenvalue weighted by atomic mass is 19.3. The van der Waals surface area contributed by atoms with Gasteiger partial charge in [-0.1, -0.05) is 6.07 Å². The Hall–Kier alpha value is -4.26. The predicted octanol–water partition coefficient (Wildman–Crippen LogP) is 5.31. The number of nitrogens with zero attached hydrogens (tertiary/aromatic N) is 5. The van der Waals surface area contributed by atoms with Crippen LogP contribution in [0.3, 0.4) is 0 Å². The van der Waals surface area contributed by atoms with Crippen molar-refractivity contribution in [2.75, 3.05) is 30.4 Å². The van der Waals surface area contributed by atoms with Crippen molar-refractivity contribution in [3.05, 3.63) is 66.6 Å². The molecule has 0 spiro atoms. The van der Waals surface area contributed by atoms with Gasteiger partial charge in [-0.3, -0.25) is 0 Å². The largest absolute Gasteiger partial charge is 0.496 e. The van der Waals surface area contributed by atoms with E-state index in [4.69, 9.17) is 10.5 Å². The molecule has 1 aliphatic rings. The highest BCUT2D eigenvalue weighted by molar-refractivity contribution is 5.80. The fraction of sp³-hybridized carbons (Fsp3) is 0.269. The molecule has 0 amide bonds. The zero-order valence-corrected chi connectivity index (χ0v) is 20.7. The zero-order chi connectivity index (χ0) is 27.7. The van der Waals surface area contributed by atoms with Gasteiger partial charge in [-0.05, 0) is 30.7 Å². The van der Waals surface area contributed by atoms with Crippen molar-refractivity contribution < 1.29 is 26.7 Å². The van der Waals surface area contributed by atoms with E-state index >= 15 is 0 Å². The van der Waals surface area contributed by atoms with Crippen molar-refractivity contribution in [1.29, 1.82) is 0 Å². The van der Waals surface area contributed by atoms with Gasteiger partial charge in [-0.15, -0.1) is 0 Å². The first-order valence-corrected chi connectivity index (χ1v) is 12.0. The minimum Gasteiger partial charge on any atom is -0.496 e. The second-order valence-electron chi connectivity index (χ2n) is 8.96. The number of ether oxygens (including phenoxy) is 1. The van der Waals surface area contributed by atoms with Crippen molar-refractivity contribution in [3.63, 3.8) is 0 Å². The molecule has 4 aromatic rings. The molecule has 2 atom stereocenters. The molecule has 1 saturated heterocycles. The molecule has 13 heteroatoms. The lowest BCUT2D eigenvalue weighted by Crippen LogP contribution is -2.49. The van der Waals surface area contributed by atoms with Crippen LogP contribution in [0, 0.1) is 11.6 Å². The number of benzene rings is 1. The maximum Gasteiger partial charge on any atom is 0.333 e. The van der Waals surface area contributed by atoms with E-state index in [0.717, 1.165) is 6.07 Å². The summed E-state index contributed by atoms with van der Waals surface area (Å²) in [6.07, 6.45) is 2.97. The third-order valence-electron chi connectivity index (χ3n) is 6.44.